The van der Waals surface area contributed by atoms with Gasteiger partial charge in [-0.1, -0.05) is 13.3 Å². The molecule has 15 heavy (non-hydrogen) atoms. The summed E-state index contributed by atoms with van der Waals surface area (Å²) in [6.45, 7) is 5.78. The van der Waals surface area contributed by atoms with Crippen molar-refractivity contribution in [1.29, 1.82) is 0 Å². The van der Waals surface area contributed by atoms with E-state index in [0.29, 0.717) is 0 Å². The van der Waals surface area contributed by atoms with Gasteiger partial charge in [-0.3, -0.25) is 9.69 Å². The van der Waals surface area contributed by atoms with Crippen molar-refractivity contribution in [2.45, 2.75) is 38.8 Å². The highest BCUT2D eigenvalue weighted by atomic mass is 16.3. The maximum Gasteiger partial charge on any atom is 0.242 e. The second-order valence-electron chi connectivity index (χ2n) is 4.37. The fourth-order valence-electron chi connectivity index (χ4n) is 2.12. The second-order valence-corrected chi connectivity index (χ2v) is 4.37. The van der Waals surface area contributed by atoms with Crippen molar-refractivity contribution < 1.29 is 9.90 Å². The molecule has 4 nitrogen and oxygen atoms in total. The number of aliphatic hydroxyl groups excluding tert-OH is 1. The zero-order chi connectivity index (χ0) is 11.4. The highest BCUT2D eigenvalue weighted by molar-refractivity contribution is 5.83. The van der Waals surface area contributed by atoms with E-state index in [1.165, 1.54) is 0 Å². The van der Waals surface area contributed by atoms with Gasteiger partial charge in [-0.15, -0.1) is 0 Å². The van der Waals surface area contributed by atoms with Gasteiger partial charge >= 0.3 is 0 Å². The molecule has 0 aliphatic carbocycles. The molecule has 0 radical (unpaired) electrons. The number of piperazine rings is 1. The summed E-state index contributed by atoms with van der Waals surface area (Å²) in [7, 11) is 1.90. The summed E-state index contributed by atoms with van der Waals surface area (Å²) in [6, 6.07) is -0.0742. The SMILES string of the molecule is CCCCN1C(=O)C(CO)N(C)CC1C. The van der Waals surface area contributed by atoms with Crippen LogP contribution >= 0.6 is 0 Å². The Bertz CT molecular complexity index is 221. The van der Waals surface area contributed by atoms with Gasteiger partial charge in [0.2, 0.25) is 5.91 Å². The van der Waals surface area contributed by atoms with Gasteiger partial charge in [-0.05, 0) is 20.4 Å². The predicted molar refractivity (Wildman–Crippen MR) is 59.6 cm³/mol. The number of hydrogen-bond acceptors (Lipinski definition) is 3. The van der Waals surface area contributed by atoms with Gasteiger partial charge in [0.15, 0.2) is 0 Å². The van der Waals surface area contributed by atoms with Crippen LogP contribution in [0.5, 0.6) is 0 Å². The van der Waals surface area contributed by atoms with Crippen LogP contribution in [0.1, 0.15) is 26.7 Å². The molecule has 1 heterocycles. The van der Waals surface area contributed by atoms with Crippen molar-refractivity contribution in [3.63, 3.8) is 0 Å². The van der Waals surface area contributed by atoms with E-state index in [1.54, 1.807) is 0 Å². The number of rotatable bonds is 4. The maximum atomic E-state index is 12.0. The van der Waals surface area contributed by atoms with Crippen LogP contribution in [0.3, 0.4) is 0 Å². The van der Waals surface area contributed by atoms with E-state index in [1.807, 2.05) is 16.8 Å². The number of unbranched alkanes of at least 4 members (excludes halogenated alkanes) is 1. The summed E-state index contributed by atoms with van der Waals surface area (Å²) >= 11 is 0. The Balaban J connectivity index is 2.65. The molecule has 2 atom stereocenters. The van der Waals surface area contributed by atoms with Crippen molar-refractivity contribution >= 4 is 5.91 Å². The van der Waals surface area contributed by atoms with Crippen LogP contribution in [-0.2, 0) is 4.79 Å². The Labute approximate surface area is 91.9 Å². The molecule has 1 fully saturated rings. The average molecular weight is 214 g/mol. The van der Waals surface area contributed by atoms with E-state index >= 15 is 0 Å². The number of nitrogens with zero attached hydrogens (tertiary/aromatic N) is 2. The number of amides is 1. The summed E-state index contributed by atoms with van der Waals surface area (Å²) in [5, 5.41) is 9.17. The predicted octanol–water partition coefficient (Wildman–Crippen LogP) is 0.310. The smallest absolute Gasteiger partial charge is 0.242 e. The highest BCUT2D eigenvalue weighted by Gasteiger charge is 2.35. The first-order valence-corrected chi connectivity index (χ1v) is 5.73. The van der Waals surface area contributed by atoms with Crippen molar-refractivity contribution in [3.8, 4) is 0 Å². The lowest BCUT2D eigenvalue weighted by molar-refractivity contribution is -0.146. The standard InChI is InChI=1S/C11H22N2O2/c1-4-5-6-13-9(2)7-12(3)10(8-14)11(13)15/h9-10,14H,4-8H2,1-3H3. The van der Waals surface area contributed by atoms with E-state index in [2.05, 4.69) is 13.8 Å². The molecule has 0 saturated carbocycles. The number of hydrogen-bond donors (Lipinski definition) is 1. The molecule has 4 heteroatoms. The van der Waals surface area contributed by atoms with Gasteiger partial charge in [0.25, 0.3) is 0 Å². The molecule has 1 aliphatic heterocycles. The molecule has 2 unspecified atom stereocenters. The largest absolute Gasteiger partial charge is 0.394 e. The van der Waals surface area contributed by atoms with Gasteiger partial charge in [-0.25, -0.2) is 0 Å². The third-order valence-electron chi connectivity index (χ3n) is 3.11. The minimum atomic E-state index is -0.335. The molecule has 0 spiro atoms. The second kappa shape index (κ2) is 5.47. The summed E-state index contributed by atoms with van der Waals surface area (Å²) in [6.07, 6.45) is 2.13. The average Bonchev–Trinajstić information content (AvgIpc) is 2.17. The first-order valence-electron chi connectivity index (χ1n) is 5.73. The van der Waals surface area contributed by atoms with Crippen LogP contribution < -0.4 is 0 Å². The van der Waals surface area contributed by atoms with Crippen LogP contribution in [0.4, 0.5) is 0 Å². The van der Waals surface area contributed by atoms with Crippen LogP contribution in [0.2, 0.25) is 0 Å². The molecular formula is C11H22N2O2. The van der Waals surface area contributed by atoms with E-state index in [9.17, 15) is 9.90 Å². The molecule has 88 valence electrons. The van der Waals surface area contributed by atoms with Crippen molar-refractivity contribution in [1.82, 2.24) is 9.80 Å². The summed E-state index contributed by atoms with van der Waals surface area (Å²) in [5.74, 6) is 0.0761. The summed E-state index contributed by atoms with van der Waals surface area (Å²) < 4.78 is 0. The maximum absolute atomic E-state index is 12.0. The Hall–Kier alpha value is -0.610. The minimum Gasteiger partial charge on any atom is -0.394 e. The zero-order valence-electron chi connectivity index (χ0n) is 9.94. The minimum absolute atomic E-state index is 0.0761. The van der Waals surface area contributed by atoms with E-state index < -0.39 is 0 Å². The molecule has 1 amide bonds. The Morgan fingerprint density at radius 3 is 2.73 bits per heavy atom. The van der Waals surface area contributed by atoms with E-state index in [0.717, 1.165) is 25.9 Å². The number of aliphatic hydroxyl groups is 1. The lowest BCUT2D eigenvalue weighted by Gasteiger charge is -2.42. The third-order valence-corrected chi connectivity index (χ3v) is 3.11. The van der Waals surface area contributed by atoms with Gasteiger partial charge < -0.3 is 10.0 Å². The number of likely N-dealkylation sites (N-methyl/N-ethyl adjacent to an activating group) is 1. The number of carbonyl (C=O) groups is 1. The van der Waals surface area contributed by atoms with Crippen LogP contribution in [0.25, 0.3) is 0 Å². The van der Waals surface area contributed by atoms with Crippen molar-refractivity contribution in [2.24, 2.45) is 0 Å². The zero-order valence-corrected chi connectivity index (χ0v) is 9.94. The van der Waals surface area contributed by atoms with E-state index in [4.69, 9.17) is 0 Å². The Morgan fingerprint density at radius 2 is 2.20 bits per heavy atom. The summed E-state index contributed by atoms with van der Waals surface area (Å²) in [4.78, 5) is 15.9. The third kappa shape index (κ3) is 2.69. The first kappa shape index (κ1) is 12.5. The monoisotopic (exact) mass is 214 g/mol. The molecule has 1 aliphatic rings. The molecule has 0 aromatic carbocycles. The van der Waals surface area contributed by atoms with Gasteiger partial charge in [0.05, 0.1) is 6.61 Å². The molecular weight excluding hydrogens is 192 g/mol. The van der Waals surface area contributed by atoms with Crippen LogP contribution in [0.15, 0.2) is 0 Å². The van der Waals surface area contributed by atoms with Gasteiger partial charge in [0, 0.05) is 19.1 Å². The number of carbonyl (C=O) groups excluding carboxylic acids is 1. The molecule has 0 aromatic heterocycles. The highest BCUT2D eigenvalue weighted by Crippen LogP contribution is 2.15. The fraction of sp³-hybridized carbons (Fsp3) is 0.909. The Morgan fingerprint density at radius 1 is 1.53 bits per heavy atom. The van der Waals surface area contributed by atoms with Crippen LogP contribution in [-0.4, -0.2) is 59.6 Å². The molecule has 0 aromatic rings. The normalized spacial score (nSPS) is 28.5. The van der Waals surface area contributed by atoms with Crippen molar-refractivity contribution in [3.05, 3.63) is 0 Å². The molecule has 1 N–H and O–H groups in total. The van der Waals surface area contributed by atoms with Crippen LogP contribution in [0, 0.1) is 0 Å². The lowest BCUT2D eigenvalue weighted by Crippen LogP contribution is -2.60. The lowest BCUT2D eigenvalue weighted by atomic mass is 10.1. The molecule has 1 saturated heterocycles. The topological polar surface area (TPSA) is 43.8 Å². The Kier molecular flexibility index (Phi) is 4.54. The first-order chi connectivity index (χ1) is 7.11. The van der Waals surface area contributed by atoms with Gasteiger partial charge in [0.1, 0.15) is 6.04 Å². The van der Waals surface area contributed by atoms with E-state index in [-0.39, 0.29) is 24.6 Å². The molecule has 1 rings (SSSR count). The van der Waals surface area contributed by atoms with Crippen molar-refractivity contribution in [2.75, 3.05) is 26.7 Å². The quantitative estimate of drug-likeness (QED) is 0.732. The fourth-order valence-corrected chi connectivity index (χ4v) is 2.12. The molecule has 0 bridgehead atoms. The van der Waals surface area contributed by atoms with Gasteiger partial charge in [-0.2, -0.15) is 0 Å². The summed E-state index contributed by atoms with van der Waals surface area (Å²) in [5.41, 5.74) is 0.